The second-order valence-corrected chi connectivity index (χ2v) is 7.57. The van der Waals surface area contributed by atoms with Crippen molar-refractivity contribution in [1.29, 1.82) is 0 Å². The van der Waals surface area contributed by atoms with Gasteiger partial charge in [-0.15, -0.1) is 0 Å². The van der Waals surface area contributed by atoms with Crippen molar-refractivity contribution in [2.75, 3.05) is 13.2 Å². The van der Waals surface area contributed by atoms with E-state index in [1.807, 2.05) is 48.5 Å². The number of carbonyl (C=O) groups excluding carboxylic acids is 2. The van der Waals surface area contributed by atoms with Crippen molar-refractivity contribution in [3.8, 4) is 11.1 Å². The third-order valence-electron chi connectivity index (χ3n) is 5.55. The summed E-state index contributed by atoms with van der Waals surface area (Å²) in [5.74, 6) is -0.0546. The minimum absolute atomic E-state index is 0.0546. The molecule has 0 heterocycles. The van der Waals surface area contributed by atoms with Gasteiger partial charge in [0, 0.05) is 18.0 Å². The molecule has 0 radical (unpaired) electrons. The van der Waals surface area contributed by atoms with Gasteiger partial charge >= 0.3 is 12.3 Å². The second kappa shape index (κ2) is 9.32. The molecule has 0 aromatic heterocycles. The van der Waals surface area contributed by atoms with Gasteiger partial charge in [0.15, 0.2) is 6.29 Å². The number of benzene rings is 3. The van der Waals surface area contributed by atoms with E-state index in [4.69, 9.17) is 4.74 Å². The summed E-state index contributed by atoms with van der Waals surface area (Å²) in [4.78, 5) is 23.3. The Morgan fingerprint density at radius 2 is 1.58 bits per heavy atom. The van der Waals surface area contributed by atoms with Crippen molar-refractivity contribution >= 4 is 18.5 Å². The Bertz CT molecular complexity index is 1170. The standard InChI is InChI=1S/C26H20F3NO3/c27-26(28,29)19-12-11-17(18(14-19)15-31)6-5-13-30-25(32)33-16-24-22-9-3-1-7-20(22)21-8-2-4-10-23(21)24/h1-12,14-15,24H,13,16H2,(H,30,32). The lowest BCUT2D eigenvalue weighted by atomic mass is 9.98. The fraction of sp³-hybridized carbons (Fsp3) is 0.154. The molecular formula is C26H20F3NO3. The highest BCUT2D eigenvalue weighted by Gasteiger charge is 2.31. The van der Waals surface area contributed by atoms with Crippen LogP contribution in [0.5, 0.6) is 0 Å². The van der Waals surface area contributed by atoms with E-state index in [-0.39, 0.29) is 24.6 Å². The van der Waals surface area contributed by atoms with Gasteiger partial charge in [0.05, 0.1) is 5.56 Å². The topological polar surface area (TPSA) is 55.4 Å². The van der Waals surface area contributed by atoms with Crippen LogP contribution in [0.25, 0.3) is 17.2 Å². The SMILES string of the molecule is O=Cc1cc(C(F)(F)F)ccc1C=CCNC(=O)OCC1c2ccccc2-c2ccccc21. The van der Waals surface area contributed by atoms with Gasteiger partial charge in [-0.2, -0.15) is 13.2 Å². The number of carbonyl (C=O) groups is 2. The number of ether oxygens (including phenoxy) is 1. The van der Waals surface area contributed by atoms with Crippen molar-refractivity contribution in [3.05, 3.63) is 101 Å². The number of alkyl halides is 3. The molecule has 1 amide bonds. The first-order valence-electron chi connectivity index (χ1n) is 10.3. The maximum absolute atomic E-state index is 12.8. The third kappa shape index (κ3) is 4.82. The molecule has 0 saturated carbocycles. The van der Waals surface area contributed by atoms with Crippen molar-refractivity contribution in [2.45, 2.75) is 12.1 Å². The first-order chi connectivity index (χ1) is 15.9. The van der Waals surface area contributed by atoms with Crippen LogP contribution in [0, 0.1) is 0 Å². The summed E-state index contributed by atoms with van der Waals surface area (Å²) >= 11 is 0. The normalized spacial score (nSPS) is 12.9. The molecule has 168 valence electrons. The van der Waals surface area contributed by atoms with Gasteiger partial charge in [0.25, 0.3) is 0 Å². The van der Waals surface area contributed by atoms with Gasteiger partial charge in [-0.3, -0.25) is 4.79 Å². The molecule has 3 aromatic carbocycles. The average molecular weight is 451 g/mol. The molecule has 0 fully saturated rings. The summed E-state index contributed by atoms with van der Waals surface area (Å²) in [7, 11) is 0. The fourth-order valence-electron chi connectivity index (χ4n) is 3.98. The number of amides is 1. The van der Waals surface area contributed by atoms with Crippen LogP contribution in [0.1, 0.15) is 38.5 Å². The van der Waals surface area contributed by atoms with E-state index in [2.05, 4.69) is 5.32 Å². The summed E-state index contributed by atoms with van der Waals surface area (Å²) in [6.45, 7) is 0.272. The van der Waals surface area contributed by atoms with Crippen molar-refractivity contribution in [1.82, 2.24) is 5.32 Å². The highest BCUT2D eigenvalue weighted by molar-refractivity contribution is 5.82. The first kappa shape index (κ1) is 22.3. The molecule has 4 nitrogen and oxygen atoms in total. The molecule has 3 aromatic rings. The minimum Gasteiger partial charge on any atom is -0.449 e. The van der Waals surface area contributed by atoms with Crippen LogP contribution in [-0.4, -0.2) is 25.5 Å². The molecule has 0 aliphatic heterocycles. The van der Waals surface area contributed by atoms with E-state index in [0.717, 1.165) is 34.4 Å². The highest BCUT2D eigenvalue weighted by atomic mass is 19.4. The van der Waals surface area contributed by atoms with Crippen LogP contribution in [0.15, 0.2) is 72.8 Å². The smallest absolute Gasteiger partial charge is 0.416 e. The number of hydrogen-bond donors (Lipinski definition) is 1. The van der Waals surface area contributed by atoms with E-state index in [0.29, 0.717) is 11.8 Å². The predicted octanol–water partition coefficient (Wildman–Crippen LogP) is 6.07. The van der Waals surface area contributed by atoms with Crippen molar-refractivity contribution in [3.63, 3.8) is 0 Å². The summed E-state index contributed by atoms with van der Waals surface area (Å²) < 4.78 is 43.8. The van der Waals surface area contributed by atoms with Crippen LogP contribution in [0.4, 0.5) is 18.0 Å². The number of fused-ring (bicyclic) bond motifs is 3. The Morgan fingerprint density at radius 3 is 2.18 bits per heavy atom. The number of halogens is 3. The largest absolute Gasteiger partial charge is 0.449 e. The molecule has 0 bridgehead atoms. The molecule has 33 heavy (non-hydrogen) atoms. The lowest BCUT2D eigenvalue weighted by molar-refractivity contribution is -0.137. The molecule has 0 spiro atoms. The van der Waals surface area contributed by atoms with Gasteiger partial charge < -0.3 is 10.1 Å². The zero-order valence-electron chi connectivity index (χ0n) is 17.4. The molecule has 1 N–H and O–H groups in total. The Labute approximate surface area is 188 Å². The quantitative estimate of drug-likeness (QED) is 0.463. The zero-order valence-corrected chi connectivity index (χ0v) is 17.4. The van der Waals surface area contributed by atoms with E-state index in [1.165, 1.54) is 18.2 Å². The summed E-state index contributed by atoms with van der Waals surface area (Å²) in [5.41, 5.74) is 3.83. The molecule has 7 heteroatoms. The molecule has 0 unspecified atom stereocenters. The Kier molecular flexibility index (Phi) is 6.31. The molecular weight excluding hydrogens is 431 g/mol. The molecule has 0 saturated heterocycles. The molecule has 1 aliphatic carbocycles. The molecule has 1 aliphatic rings. The Balaban J connectivity index is 1.34. The molecule has 4 rings (SSSR count). The van der Waals surface area contributed by atoms with Gasteiger partial charge in [0.2, 0.25) is 0 Å². The second-order valence-electron chi connectivity index (χ2n) is 7.57. The summed E-state index contributed by atoms with van der Waals surface area (Å²) in [6, 6.07) is 18.9. The van der Waals surface area contributed by atoms with E-state index >= 15 is 0 Å². The van der Waals surface area contributed by atoms with Crippen LogP contribution < -0.4 is 5.32 Å². The van der Waals surface area contributed by atoms with Crippen LogP contribution >= 0.6 is 0 Å². The lowest BCUT2D eigenvalue weighted by Crippen LogP contribution is -2.26. The number of nitrogens with one attached hydrogen (secondary N) is 1. The van der Waals surface area contributed by atoms with E-state index in [1.54, 1.807) is 0 Å². The maximum atomic E-state index is 12.8. The average Bonchev–Trinajstić information content (AvgIpc) is 3.13. The first-order valence-corrected chi connectivity index (χ1v) is 10.3. The Morgan fingerprint density at radius 1 is 0.939 bits per heavy atom. The van der Waals surface area contributed by atoms with E-state index in [9.17, 15) is 22.8 Å². The lowest BCUT2D eigenvalue weighted by Gasteiger charge is -2.14. The molecule has 0 atom stereocenters. The van der Waals surface area contributed by atoms with Crippen LogP contribution in [-0.2, 0) is 10.9 Å². The summed E-state index contributed by atoms with van der Waals surface area (Å²) in [5, 5.41) is 2.58. The minimum atomic E-state index is -4.52. The number of rotatable bonds is 6. The van der Waals surface area contributed by atoms with Gasteiger partial charge in [-0.1, -0.05) is 66.7 Å². The summed E-state index contributed by atoms with van der Waals surface area (Å²) in [6.07, 6.45) is -1.74. The van der Waals surface area contributed by atoms with Crippen molar-refractivity contribution < 1.29 is 27.5 Å². The van der Waals surface area contributed by atoms with Crippen LogP contribution in [0.3, 0.4) is 0 Å². The van der Waals surface area contributed by atoms with Crippen LogP contribution in [0.2, 0.25) is 0 Å². The van der Waals surface area contributed by atoms with Gasteiger partial charge in [-0.25, -0.2) is 4.79 Å². The van der Waals surface area contributed by atoms with Gasteiger partial charge in [-0.05, 0) is 39.9 Å². The van der Waals surface area contributed by atoms with E-state index < -0.39 is 17.8 Å². The maximum Gasteiger partial charge on any atom is 0.416 e. The zero-order chi connectivity index (χ0) is 23.4. The monoisotopic (exact) mass is 451 g/mol. The Hall–Kier alpha value is -3.87. The number of hydrogen-bond acceptors (Lipinski definition) is 3. The van der Waals surface area contributed by atoms with Gasteiger partial charge in [0.1, 0.15) is 6.61 Å². The third-order valence-corrected chi connectivity index (χ3v) is 5.55. The number of alkyl carbamates (subject to hydrolysis) is 1. The van der Waals surface area contributed by atoms with Crippen molar-refractivity contribution in [2.24, 2.45) is 0 Å². The highest BCUT2D eigenvalue weighted by Crippen LogP contribution is 2.44. The predicted molar refractivity (Wildman–Crippen MR) is 119 cm³/mol. The number of aldehydes is 1. The fourth-order valence-corrected chi connectivity index (χ4v) is 3.98.